The average Bonchev–Trinajstić information content (AvgIpc) is 2.48. The summed E-state index contributed by atoms with van der Waals surface area (Å²) in [5, 5.41) is 2.53. The highest BCUT2D eigenvalue weighted by Crippen LogP contribution is 2.13. The Morgan fingerprint density at radius 3 is 2.75 bits per heavy atom. The molecule has 1 amide bonds. The van der Waals surface area contributed by atoms with Crippen molar-refractivity contribution < 1.29 is 18.3 Å². The van der Waals surface area contributed by atoms with E-state index in [0.29, 0.717) is 11.3 Å². The molecule has 0 aliphatic carbocycles. The third kappa shape index (κ3) is 3.32. The van der Waals surface area contributed by atoms with E-state index in [1.807, 2.05) is 0 Å². The molecule has 0 aliphatic rings. The van der Waals surface area contributed by atoms with Crippen LogP contribution in [-0.2, 0) is 6.54 Å². The van der Waals surface area contributed by atoms with Crippen molar-refractivity contribution in [3.05, 3.63) is 65.2 Å². The van der Waals surface area contributed by atoms with Crippen LogP contribution in [0.2, 0.25) is 0 Å². The number of hydrogen-bond acceptors (Lipinski definition) is 2. The zero-order valence-electron chi connectivity index (χ0n) is 10.8. The van der Waals surface area contributed by atoms with Crippen molar-refractivity contribution in [2.75, 3.05) is 7.11 Å². The Bertz CT molecular complexity index is 629. The van der Waals surface area contributed by atoms with E-state index in [1.54, 1.807) is 24.3 Å². The van der Waals surface area contributed by atoms with E-state index in [0.717, 1.165) is 18.2 Å². The third-order valence-electron chi connectivity index (χ3n) is 2.78. The van der Waals surface area contributed by atoms with Gasteiger partial charge in [-0.2, -0.15) is 0 Å². The Balaban J connectivity index is 2.06. The summed E-state index contributed by atoms with van der Waals surface area (Å²) in [6.45, 7) is -0.0837. The number of amides is 1. The Morgan fingerprint density at radius 1 is 1.20 bits per heavy atom. The first-order chi connectivity index (χ1) is 9.60. The minimum atomic E-state index is -0.558. The summed E-state index contributed by atoms with van der Waals surface area (Å²) >= 11 is 0. The molecule has 0 fully saturated rings. The number of carbonyl (C=O) groups is 1. The van der Waals surface area contributed by atoms with Crippen LogP contribution in [0.25, 0.3) is 0 Å². The first-order valence-electron chi connectivity index (χ1n) is 5.96. The lowest BCUT2D eigenvalue weighted by Gasteiger charge is -2.07. The van der Waals surface area contributed by atoms with Crippen molar-refractivity contribution in [3.63, 3.8) is 0 Å². The van der Waals surface area contributed by atoms with Gasteiger partial charge in [-0.1, -0.05) is 6.07 Å². The number of methoxy groups -OCH3 is 1. The van der Waals surface area contributed by atoms with E-state index in [1.165, 1.54) is 7.11 Å². The van der Waals surface area contributed by atoms with Crippen LogP contribution in [0.4, 0.5) is 8.78 Å². The van der Waals surface area contributed by atoms with Crippen LogP contribution in [0.3, 0.4) is 0 Å². The maximum absolute atomic E-state index is 13.4. The first kappa shape index (κ1) is 14.0. The quantitative estimate of drug-likeness (QED) is 0.933. The van der Waals surface area contributed by atoms with Gasteiger partial charge in [0.2, 0.25) is 0 Å². The molecular weight excluding hydrogens is 264 g/mol. The fourth-order valence-corrected chi connectivity index (χ4v) is 1.72. The van der Waals surface area contributed by atoms with Crippen molar-refractivity contribution in [1.29, 1.82) is 0 Å². The number of hydrogen-bond donors (Lipinski definition) is 1. The molecule has 0 aromatic heterocycles. The maximum Gasteiger partial charge on any atom is 0.251 e. The van der Waals surface area contributed by atoms with Crippen molar-refractivity contribution in [3.8, 4) is 5.75 Å². The number of ether oxygens (including phenoxy) is 1. The van der Waals surface area contributed by atoms with Crippen molar-refractivity contribution in [1.82, 2.24) is 5.32 Å². The summed E-state index contributed by atoms with van der Waals surface area (Å²) in [5.41, 5.74) is 0.488. The van der Waals surface area contributed by atoms with Gasteiger partial charge in [-0.15, -0.1) is 0 Å². The smallest absolute Gasteiger partial charge is 0.251 e. The second-order valence-corrected chi connectivity index (χ2v) is 4.15. The minimum Gasteiger partial charge on any atom is -0.497 e. The van der Waals surface area contributed by atoms with Gasteiger partial charge < -0.3 is 10.1 Å². The lowest BCUT2D eigenvalue weighted by atomic mass is 10.1. The van der Waals surface area contributed by atoms with Gasteiger partial charge in [0.15, 0.2) is 0 Å². The van der Waals surface area contributed by atoms with Gasteiger partial charge in [0.05, 0.1) is 7.11 Å². The molecule has 0 radical (unpaired) electrons. The molecule has 2 aromatic carbocycles. The highest BCUT2D eigenvalue weighted by atomic mass is 19.1. The Kier molecular flexibility index (Phi) is 4.30. The average molecular weight is 277 g/mol. The number of benzene rings is 2. The molecule has 0 saturated carbocycles. The number of carbonyl (C=O) groups excluding carboxylic acids is 1. The Labute approximate surface area is 115 Å². The van der Waals surface area contributed by atoms with Gasteiger partial charge in [0.25, 0.3) is 5.91 Å². The summed E-state index contributed by atoms with van der Waals surface area (Å²) < 4.78 is 31.4. The fourth-order valence-electron chi connectivity index (χ4n) is 1.72. The molecule has 104 valence electrons. The molecule has 2 rings (SSSR count). The number of nitrogens with one attached hydrogen (secondary N) is 1. The SMILES string of the molecule is COc1cccc(C(=O)NCc2cc(F)ccc2F)c1. The zero-order valence-corrected chi connectivity index (χ0v) is 10.8. The van der Waals surface area contributed by atoms with Crippen LogP contribution in [0.15, 0.2) is 42.5 Å². The van der Waals surface area contributed by atoms with Gasteiger partial charge in [-0.05, 0) is 36.4 Å². The van der Waals surface area contributed by atoms with E-state index < -0.39 is 11.6 Å². The summed E-state index contributed by atoms with van der Waals surface area (Å²) in [6, 6.07) is 9.68. The third-order valence-corrected chi connectivity index (χ3v) is 2.78. The molecule has 0 unspecified atom stereocenters. The molecule has 2 aromatic rings. The van der Waals surface area contributed by atoms with Crippen LogP contribution in [0.1, 0.15) is 15.9 Å². The lowest BCUT2D eigenvalue weighted by molar-refractivity contribution is 0.0950. The van der Waals surface area contributed by atoms with Crippen LogP contribution in [0.5, 0.6) is 5.75 Å². The summed E-state index contributed by atoms with van der Waals surface area (Å²) in [5.74, 6) is -0.934. The topological polar surface area (TPSA) is 38.3 Å². The molecule has 0 saturated heterocycles. The Hall–Kier alpha value is -2.43. The summed E-state index contributed by atoms with van der Waals surface area (Å²) in [6.07, 6.45) is 0. The van der Waals surface area contributed by atoms with Crippen LogP contribution in [0, 0.1) is 11.6 Å². The fraction of sp³-hybridized carbons (Fsp3) is 0.133. The van der Waals surface area contributed by atoms with Gasteiger partial charge in [-0.3, -0.25) is 4.79 Å². The van der Waals surface area contributed by atoms with Gasteiger partial charge in [0.1, 0.15) is 17.4 Å². The second-order valence-electron chi connectivity index (χ2n) is 4.15. The molecular formula is C15H13F2NO2. The number of rotatable bonds is 4. The van der Waals surface area contributed by atoms with Gasteiger partial charge in [-0.25, -0.2) is 8.78 Å². The molecule has 0 heterocycles. The summed E-state index contributed by atoms with van der Waals surface area (Å²) in [7, 11) is 1.50. The molecule has 5 heteroatoms. The van der Waals surface area contributed by atoms with E-state index in [4.69, 9.17) is 4.74 Å². The monoisotopic (exact) mass is 277 g/mol. The predicted octanol–water partition coefficient (Wildman–Crippen LogP) is 2.90. The van der Waals surface area contributed by atoms with E-state index in [2.05, 4.69) is 5.32 Å². The highest BCUT2D eigenvalue weighted by Gasteiger charge is 2.09. The lowest BCUT2D eigenvalue weighted by Crippen LogP contribution is -2.23. The normalized spacial score (nSPS) is 10.2. The first-order valence-corrected chi connectivity index (χ1v) is 5.96. The predicted molar refractivity (Wildman–Crippen MR) is 70.5 cm³/mol. The molecule has 1 N–H and O–H groups in total. The summed E-state index contributed by atoms with van der Waals surface area (Å²) in [4.78, 5) is 11.9. The highest BCUT2D eigenvalue weighted by molar-refractivity contribution is 5.94. The van der Waals surface area contributed by atoms with Crippen LogP contribution < -0.4 is 10.1 Å². The molecule has 0 bridgehead atoms. The largest absolute Gasteiger partial charge is 0.497 e. The van der Waals surface area contributed by atoms with E-state index in [9.17, 15) is 13.6 Å². The van der Waals surface area contributed by atoms with Gasteiger partial charge >= 0.3 is 0 Å². The molecule has 3 nitrogen and oxygen atoms in total. The molecule has 20 heavy (non-hydrogen) atoms. The number of halogens is 2. The van der Waals surface area contributed by atoms with Gasteiger partial charge in [0, 0.05) is 17.7 Å². The second kappa shape index (κ2) is 6.14. The molecule has 0 aliphatic heterocycles. The van der Waals surface area contributed by atoms with Crippen LogP contribution in [-0.4, -0.2) is 13.0 Å². The minimum absolute atomic E-state index is 0.0837. The standard InChI is InChI=1S/C15H13F2NO2/c1-20-13-4-2-3-10(8-13)15(19)18-9-11-7-12(16)5-6-14(11)17/h2-8H,9H2,1H3,(H,18,19). The molecule has 0 spiro atoms. The van der Waals surface area contributed by atoms with E-state index in [-0.39, 0.29) is 18.0 Å². The van der Waals surface area contributed by atoms with Crippen molar-refractivity contribution in [2.45, 2.75) is 6.54 Å². The van der Waals surface area contributed by atoms with Crippen molar-refractivity contribution >= 4 is 5.91 Å². The van der Waals surface area contributed by atoms with Crippen molar-refractivity contribution in [2.24, 2.45) is 0 Å². The van der Waals surface area contributed by atoms with E-state index >= 15 is 0 Å². The maximum atomic E-state index is 13.4. The van der Waals surface area contributed by atoms with Crippen LogP contribution >= 0.6 is 0 Å². The zero-order chi connectivity index (χ0) is 14.5. The Morgan fingerprint density at radius 2 is 2.00 bits per heavy atom. The molecule has 0 atom stereocenters.